The van der Waals surface area contributed by atoms with Crippen molar-refractivity contribution in [1.29, 1.82) is 0 Å². The number of thioether (sulfide) groups is 1. The lowest BCUT2D eigenvalue weighted by Crippen LogP contribution is -2.47. The van der Waals surface area contributed by atoms with Gasteiger partial charge in [-0.3, -0.25) is 9.89 Å². The molecule has 0 radical (unpaired) electrons. The number of nitrogens with zero attached hydrogens (tertiary/aromatic N) is 2. The predicted octanol–water partition coefficient (Wildman–Crippen LogP) is 3.05. The molecule has 1 aromatic rings. The van der Waals surface area contributed by atoms with E-state index in [-0.39, 0.29) is 24.0 Å². The van der Waals surface area contributed by atoms with Crippen LogP contribution in [0.2, 0.25) is 0 Å². The number of benzene rings is 1. The molecule has 2 saturated heterocycles. The maximum absolute atomic E-state index is 5.55. The zero-order chi connectivity index (χ0) is 18.2. The van der Waals surface area contributed by atoms with Crippen LogP contribution in [0.3, 0.4) is 0 Å². The zero-order valence-corrected chi connectivity index (χ0v) is 19.6. The zero-order valence-electron chi connectivity index (χ0n) is 16.4. The van der Waals surface area contributed by atoms with Gasteiger partial charge in [-0.1, -0.05) is 29.8 Å². The molecule has 2 aliphatic heterocycles. The van der Waals surface area contributed by atoms with Crippen molar-refractivity contribution >= 4 is 41.7 Å². The number of rotatable bonds is 6. The van der Waals surface area contributed by atoms with E-state index in [9.17, 15) is 0 Å². The van der Waals surface area contributed by atoms with Gasteiger partial charge in [-0.2, -0.15) is 11.8 Å². The second-order valence-corrected chi connectivity index (χ2v) is 8.45. The van der Waals surface area contributed by atoms with Gasteiger partial charge in [0.05, 0.1) is 19.3 Å². The molecule has 2 N–H and O–H groups in total. The molecule has 2 heterocycles. The Balaban J connectivity index is 0.00000261. The lowest BCUT2D eigenvalue weighted by molar-refractivity contribution is 0.0170. The first kappa shape index (κ1) is 22.8. The van der Waals surface area contributed by atoms with Crippen LogP contribution in [0.25, 0.3) is 0 Å². The van der Waals surface area contributed by atoms with E-state index in [0.717, 1.165) is 50.6 Å². The monoisotopic (exact) mass is 504 g/mol. The highest BCUT2D eigenvalue weighted by molar-refractivity contribution is 14.0. The first-order chi connectivity index (χ1) is 12.8. The highest BCUT2D eigenvalue weighted by Gasteiger charge is 2.23. The van der Waals surface area contributed by atoms with Crippen LogP contribution >= 0.6 is 35.7 Å². The van der Waals surface area contributed by atoms with Crippen molar-refractivity contribution in [3.8, 4) is 0 Å². The van der Waals surface area contributed by atoms with Gasteiger partial charge in [0.15, 0.2) is 5.96 Å². The van der Waals surface area contributed by atoms with Gasteiger partial charge in [0, 0.05) is 38.5 Å². The first-order valence-corrected chi connectivity index (χ1v) is 10.8. The molecule has 3 rings (SSSR count). The number of hydrogen-bond acceptors (Lipinski definition) is 4. The number of aliphatic imine (C=N–C) groups is 1. The van der Waals surface area contributed by atoms with Gasteiger partial charge in [0.25, 0.3) is 0 Å². The molecule has 2 aliphatic rings. The fourth-order valence-corrected chi connectivity index (χ4v) is 4.77. The molecule has 0 aromatic heterocycles. The number of morpholine rings is 1. The fourth-order valence-electron chi connectivity index (χ4n) is 3.57. The molecule has 2 fully saturated rings. The summed E-state index contributed by atoms with van der Waals surface area (Å²) in [6.07, 6.45) is 2.66. The maximum atomic E-state index is 5.55. The maximum Gasteiger partial charge on any atom is 0.191 e. The lowest BCUT2D eigenvalue weighted by atomic mass is 10.0. The minimum Gasteiger partial charge on any atom is -0.379 e. The average Bonchev–Trinajstić information content (AvgIpc) is 3.20. The number of halogens is 1. The van der Waals surface area contributed by atoms with Crippen molar-refractivity contribution in [2.75, 3.05) is 52.2 Å². The van der Waals surface area contributed by atoms with Gasteiger partial charge in [0.2, 0.25) is 0 Å². The van der Waals surface area contributed by atoms with Crippen LogP contribution in [0.4, 0.5) is 0 Å². The van der Waals surface area contributed by atoms with Crippen molar-refractivity contribution < 1.29 is 4.74 Å². The normalized spacial score (nSPS) is 22.1. The van der Waals surface area contributed by atoms with E-state index in [1.165, 1.54) is 29.7 Å². The standard InChI is InChI=1S/C20H32N4OS.HI/c1-16-5-7-17(8-6-16)19(24-9-11-25-12-10-24)15-23-20(21-2)22-14-18-4-3-13-26-18;/h5-8,18-19H,3-4,9-15H2,1-2H3,(H2,21,22,23);1H. The van der Waals surface area contributed by atoms with Gasteiger partial charge in [-0.15, -0.1) is 24.0 Å². The van der Waals surface area contributed by atoms with E-state index < -0.39 is 0 Å². The Kier molecular flexibility index (Phi) is 10.2. The van der Waals surface area contributed by atoms with E-state index in [1.54, 1.807) is 0 Å². The largest absolute Gasteiger partial charge is 0.379 e. The minimum atomic E-state index is 0. The van der Waals surface area contributed by atoms with Crippen LogP contribution in [0.1, 0.15) is 30.0 Å². The molecule has 2 unspecified atom stereocenters. The van der Waals surface area contributed by atoms with E-state index in [1.807, 2.05) is 7.05 Å². The van der Waals surface area contributed by atoms with Crippen molar-refractivity contribution in [2.45, 2.75) is 31.1 Å². The highest BCUT2D eigenvalue weighted by atomic mass is 127. The average molecular weight is 504 g/mol. The molecule has 27 heavy (non-hydrogen) atoms. The van der Waals surface area contributed by atoms with Crippen LogP contribution in [-0.2, 0) is 4.74 Å². The predicted molar refractivity (Wildman–Crippen MR) is 127 cm³/mol. The third kappa shape index (κ3) is 7.11. The van der Waals surface area contributed by atoms with E-state index in [0.29, 0.717) is 6.04 Å². The van der Waals surface area contributed by atoms with Crippen LogP contribution < -0.4 is 10.6 Å². The molecule has 5 nitrogen and oxygen atoms in total. The Bertz CT molecular complexity index is 572. The van der Waals surface area contributed by atoms with Gasteiger partial charge >= 0.3 is 0 Å². The fraction of sp³-hybridized carbons (Fsp3) is 0.650. The smallest absolute Gasteiger partial charge is 0.191 e. The van der Waals surface area contributed by atoms with Gasteiger partial charge in [0.1, 0.15) is 0 Å². The molecular formula is C20H33IN4OS. The Morgan fingerprint density at radius 3 is 2.63 bits per heavy atom. The third-order valence-electron chi connectivity index (χ3n) is 5.16. The van der Waals surface area contributed by atoms with E-state index >= 15 is 0 Å². The Labute approximate surface area is 185 Å². The second-order valence-electron chi connectivity index (χ2n) is 7.04. The molecule has 2 atom stereocenters. The number of hydrogen-bond donors (Lipinski definition) is 2. The number of nitrogens with one attached hydrogen (secondary N) is 2. The van der Waals surface area contributed by atoms with Crippen LogP contribution in [0.15, 0.2) is 29.3 Å². The van der Waals surface area contributed by atoms with E-state index in [2.05, 4.69) is 63.5 Å². The molecular weight excluding hydrogens is 471 g/mol. The van der Waals surface area contributed by atoms with Gasteiger partial charge in [-0.25, -0.2) is 0 Å². The summed E-state index contributed by atoms with van der Waals surface area (Å²) in [5, 5.41) is 7.78. The van der Waals surface area contributed by atoms with E-state index in [4.69, 9.17) is 4.74 Å². The summed E-state index contributed by atoms with van der Waals surface area (Å²) in [4.78, 5) is 6.93. The molecule has 0 amide bonds. The van der Waals surface area contributed by atoms with Crippen molar-refractivity contribution in [3.05, 3.63) is 35.4 Å². The van der Waals surface area contributed by atoms with Crippen molar-refractivity contribution in [2.24, 2.45) is 4.99 Å². The summed E-state index contributed by atoms with van der Waals surface area (Å²) in [6.45, 7) is 7.56. The molecule has 0 bridgehead atoms. The molecule has 0 aliphatic carbocycles. The number of aryl methyl sites for hydroxylation is 1. The van der Waals surface area contributed by atoms with Crippen molar-refractivity contribution in [1.82, 2.24) is 15.5 Å². The number of ether oxygens (including phenoxy) is 1. The second kappa shape index (κ2) is 12.1. The van der Waals surface area contributed by atoms with Gasteiger partial charge in [-0.05, 0) is 31.1 Å². The van der Waals surface area contributed by atoms with Gasteiger partial charge < -0.3 is 15.4 Å². The SMILES string of the molecule is CN=C(NCC1CCCS1)NCC(c1ccc(C)cc1)N1CCOCC1.I. The van der Waals surface area contributed by atoms with Crippen LogP contribution in [-0.4, -0.2) is 68.3 Å². The summed E-state index contributed by atoms with van der Waals surface area (Å²) in [6, 6.07) is 9.24. The summed E-state index contributed by atoms with van der Waals surface area (Å²) < 4.78 is 5.55. The molecule has 0 spiro atoms. The summed E-state index contributed by atoms with van der Waals surface area (Å²) in [5.41, 5.74) is 2.65. The Morgan fingerprint density at radius 2 is 2.00 bits per heavy atom. The topological polar surface area (TPSA) is 48.9 Å². The van der Waals surface area contributed by atoms with Crippen LogP contribution in [0, 0.1) is 6.92 Å². The Morgan fingerprint density at radius 1 is 1.26 bits per heavy atom. The van der Waals surface area contributed by atoms with Crippen LogP contribution in [0.5, 0.6) is 0 Å². The highest BCUT2D eigenvalue weighted by Crippen LogP contribution is 2.25. The summed E-state index contributed by atoms with van der Waals surface area (Å²) in [5.74, 6) is 2.20. The molecule has 152 valence electrons. The third-order valence-corrected chi connectivity index (χ3v) is 6.55. The quantitative estimate of drug-likeness (QED) is 0.355. The Hall–Kier alpha value is -0.510. The first-order valence-electron chi connectivity index (χ1n) is 9.71. The van der Waals surface area contributed by atoms with Crippen molar-refractivity contribution in [3.63, 3.8) is 0 Å². The summed E-state index contributed by atoms with van der Waals surface area (Å²) in [7, 11) is 1.85. The lowest BCUT2D eigenvalue weighted by Gasteiger charge is -2.35. The summed E-state index contributed by atoms with van der Waals surface area (Å²) >= 11 is 2.07. The minimum absolute atomic E-state index is 0. The molecule has 7 heteroatoms. The molecule has 0 saturated carbocycles. The molecule has 1 aromatic carbocycles. The number of guanidine groups is 1.